The number of carbonyl (C=O) groups is 1. The molecule has 0 saturated heterocycles. The number of hydrogen-bond donors (Lipinski definition) is 1. The summed E-state index contributed by atoms with van der Waals surface area (Å²) in [6.07, 6.45) is 1.53. The number of fused-ring (bicyclic) bond motifs is 1. The van der Waals surface area contributed by atoms with Crippen LogP contribution in [0.15, 0.2) is 66.9 Å². The lowest BCUT2D eigenvalue weighted by Crippen LogP contribution is -2.30. The molecule has 6 nitrogen and oxygen atoms in total. The summed E-state index contributed by atoms with van der Waals surface area (Å²) in [7, 11) is 5.53. The summed E-state index contributed by atoms with van der Waals surface area (Å²) in [5, 5.41) is 3.42. The van der Waals surface area contributed by atoms with Crippen LogP contribution < -0.4 is 10.2 Å². The third-order valence-corrected chi connectivity index (χ3v) is 5.65. The van der Waals surface area contributed by atoms with E-state index in [4.69, 9.17) is 9.72 Å². The molecule has 2 aromatic heterocycles. The first-order valence-corrected chi connectivity index (χ1v) is 11.5. The predicted octanol–water partition coefficient (Wildman–Crippen LogP) is 6.23. The third kappa shape index (κ3) is 6.76. The Morgan fingerprint density at radius 2 is 1.58 bits per heavy atom. The van der Waals surface area contributed by atoms with Gasteiger partial charge in [0, 0.05) is 38.5 Å². The van der Waals surface area contributed by atoms with Crippen molar-refractivity contribution in [2.75, 3.05) is 26.0 Å². The van der Waals surface area contributed by atoms with Gasteiger partial charge in [0.05, 0.1) is 10.2 Å². The first kappa shape index (κ1) is 24.2. The predicted molar refractivity (Wildman–Crippen MR) is 138 cm³/mol. The van der Waals surface area contributed by atoms with Gasteiger partial charge in [0.15, 0.2) is 0 Å². The lowest BCUT2D eigenvalue weighted by atomic mass is 10.1. The summed E-state index contributed by atoms with van der Waals surface area (Å²) in [4.78, 5) is 21.7. The van der Waals surface area contributed by atoms with Crippen molar-refractivity contribution in [1.29, 1.82) is 0 Å². The molecular weight excluding hydrogens is 432 g/mol. The lowest BCUT2D eigenvalue weighted by Gasteiger charge is -2.18. The van der Waals surface area contributed by atoms with E-state index >= 15 is 0 Å². The van der Waals surface area contributed by atoms with Crippen molar-refractivity contribution >= 4 is 33.5 Å². The Balaban J connectivity index is 0.000000292. The van der Waals surface area contributed by atoms with Crippen LogP contribution in [-0.4, -0.2) is 42.8 Å². The monoisotopic (exact) mass is 462 g/mol. The van der Waals surface area contributed by atoms with Crippen LogP contribution in [0.3, 0.4) is 0 Å². The molecule has 0 spiro atoms. The number of ether oxygens (including phenoxy) is 1. The second-order valence-corrected chi connectivity index (χ2v) is 9.65. The number of aromatic nitrogens is 2. The zero-order valence-electron chi connectivity index (χ0n) is 19.9. The second kappa shape index (κ2) is 10.4. The number of amides is 1. The molecule has 2 aromatic carbocycles. The molecule has 7 heteroatoms. The van der Waals surface area contributed by atoms with Crippen LogP contribution in [0.2, 0.25) is 0 Å². The lowest BCUT2D eigenvalue weighted by molar-refractivity contribution is 0.0541. The van der Waals surface area contributed by atoms with Gasteiger partial charge in [-0.1, -0.05) is 36.4 Å². The molecule has 0 fully saturated rings. The Morgan fingerprint density at radius 1 is 0.939 bits per heavy atom. The first-order valence-electron chi connectivity index (χ1n) is 10.7. The Hall–Kier alpha value is -3.45. The Labute approximate surface area is 199 Å². The van der Waals surface area contributed by atoms with E-state index in [-0.39, 0.29) is 11.7 Å². The summed E-state index contributed by atoms with van der Waals surface area (Å²) < 4.78 is 6.06. The minimum absolute atomic E-state index is 0.387. The number of para-hydroxylation sites is 1. The number of pyridine rings is 1. The number of alkyl carbamates (subject to hydrolysis) is 1. The van der Waals surface area contributed by atoms with Gasteiger partial charge in [0.25, 0.3) is 0 Å². The van der Waals surface area contributed by atoms with E-state index < -0.39 is 0 Å². The third-order valence-electron chi connectivity index (χ3n) is 4.57. The second-order valence-electron chi connectivity index (χ2n) is 8.62. The van der Waals surface area contributed by atoms with Crippen LogP contribution >= 0.6 is 11.3 Å². The van der Waals surface area contributed by atoms with Gasteiger partial charge in [-0.2, -0.15) is 0 Å². The highest BCUT2D eigenvalue weighted by molar-refractivity contribution is 7.21. The van der Waals surface area contributed by atoms with Crippen LogP contribution in [0.25, 0.3) is 31.9 Å². The molecule has 33 heavy (non-hydrogen) atoms. The molecule has 1 N–H and O–H groups in total. The number of rotatable bonds is 3. The van der Waals surface area contributed by atoms with Gasteiger partial charge in [-0.15, -0.1) is 11.3 Å². The van der Waals surface area contributed by atoms with Crippen molar-refractivity contribution in [3.63, 3.8) is 0 Å². The summed E-state index contributed by atoms with van der Waals surface area (Å²) in [6.45, 7) is 5.46. The zero-order valence-corrected chi connectivity index (χ0v) is 20.7. The van der Waals surface area contributed by atoms with Gasteiger partial charge in [0.2, 0.25) is 0 Å². The van der Waals surface area contributed by atoms with E-state index in [0.29, 0.717) is 0 Å². The number of nitrogens with one attached hydrogen (secondary N) is 1. The fourth-order valence-corrected chi connectivity index (χ4v) is 3.92. The van der Waals surface area contributed by atoms with Gasteiger partial charge in [-0.25, -0.2) is 14.8 Å². The Kier molecular flexibility index (Phi) is 7.66. The number of anilines is 1. The molecule has 0 aliphatic heterocycles. The van der Waals surface area contributed by atoms with Crippen molar-refractivity contribution in [2.24, 2.45) is 0 Å². The number of benzene rings is 2. The minimum atomic E-state index is -0.389. The topological polar surface area (TPSA) is 67.4 Å². The molecule has 0 saturated carbocycles. The SMILES string of the molecule is CN(C)c1ccc(-c2ccc(-c3nc4ccccc4s3)cc2)cn1.CNC(=O)OC(C)(C)C. The molecule has 0 radical (unpaired) electrons. The summed E-state index contributed by atoms with van der Waals surface area (Å²) in [5.41, 5.74) is 4.11. The van der Waals surface area contributed by atoms with E-state index in [0.717, 1.165) is 33.0 Å². The minimum Gasteiger partial charge on any atom is -0.444 e. The van der Waals surface area contributed by atoms with E-state index in [1.54, 1.807) is 11.3 Å². The largest absolute Gasteiger partial charge is 0.444 e. The first-order chi connectivity index (χ1) is 15.7. The molecule has 2 heterocycles. The molecule has 0 aliphatic carbocycles. The van der Waals surface area contributed by atoms with Gasteiger partial charge in [-0.3, -0.25) is 0 Å². The van der Waals surface area contributed by atoms with E-state index in [1.165, 1.54) is 11.7 Å². The number of hydrogen-bond acceptors (Lipinski definition) is 6. The maximum Gasteiger partial charge on any atom is 0.407 e. The Bertz CT molecular complexity index is 1160. The summed E-state index contributed by atoms with van der Waals surface area (Å²) in [6, 6.07) is 20.9. The van der Waals surface area contributed by atoms with E-state index in [2.05, 4.69) is 58.8 Å². The van der Waals surface area contributed by atoms with Crippen LogP contribution in [0, 0.1) is 0 Å². The maximum atomic E-state index is 10.5. The van der Waals surface area contributed by atoms with Crippen molar-refractivity contribution in [1.82, 2.24) is 15.3 Å². The normalized spacial score (nSPS) is 10.8. The number of thiazole rings is 1. The summed E-state index contributed by atoms with van der Waals surface area (Å²) in [5.74, 6) is 0.963. The fourth-order valence-electron chi connectivity index (χ4n) is 2.95. The van der Waals surface area contributed by atoms with E-state index in [1.807, 2.05) is 58.1 Å². The average molecular weight is 463 g/mol. The quantitative estimate of drug-likeness (QED) is 0.391. The molecule has 0 atom stereocenters. The van der Waals surface area contributed by atoms with Crippen molar-refractivity contribution in [3.8, 4) is 21.7 Å². The van der Waals surface area contributed by atoms with Gasteiger partial charge in [0.1, 0.15) is 16.4 Å². The molecule has 0 unspecified atom stereocenters. The van der Waals surface area contributed by atoms with Gasteiger partial charge in [-0.05, 0) is 50.6 Å². The fraction of sp³-hybridized carbons (Fsp3) is 0.269. The molecule has 0 aliphatic rings. The van der Waals surface area contributed by atoms with Crippen LogP contribution in [0.1, 0.15) is 20.8 Å². The summed E-state index contributed by atoms with van der Waals surface area (Å²) >= 11 is 1.73. The number of carbonyl (C=O) groups excluding carboxylic acids is 1. The van der Waals surface area contributed by atoms with Gasteiger partial charge < -0.3 is 15.0 Å². The van der Waals surface area contributed by atoms with Crippen molar-refractivity contribution < 1.29 is 9.53 Å². The molecular formula is C26H30N4O2S. The molecule has 1 amide bonds. The molecule has 4 aromatic rings. The number of nitrogens with zero attached hydrogens (tertiary/aromatic N) is 3. The molecule has 172 valence electrons. The van der Waals surface area contributed by atoms with Crippen LogP contribution in [-0.2, 0) is 4.74 Å². The highest BCUT2D eigenvalue weighted by Crippen LogP contribution is 2.31. The standard InChI is InChI=1S/C20H17N3S.C6H13NO2/c1-23(2)19-12-11-16(13-21-19)14-7-9-15(10-8-14)20-22-17-5-3-4-6-18(17)24-20;1-6(2,3)9-5(8)7-4/h3-13H,1-2H3;1-4H3,(H,7,8). The maximum absolute atomic E-state index is 10.5. The highest BCUT2D eigenvalue weighted by atomic mass is 32.1. The average Bonchev–Trinajstić information content (AvgIpc) is 3.23. The van der Waals surface area contributed by atoms with Crippen molar-refractivity contribution in [2.45, 2.75) is 26.4 Å². The zero-order chi connectivity index (χ0) is 24.0. The Morgan fingerprint density at radius 3 is 2.09 bits per heavy atom. The van der Waals surface area contributed by atoms with Crippen molar-refractivity contribution in [3.05, 3.63) is 66.9 Å². The molecule has 4 rings (SSSR count). The highest BCUT2D eigenvalue weighted by Gasteiger charge is 2.14. The van der Waals surface area contributed by atoms with Gasteiger partial charge >= 0.3 is 6.09 Å². The van der Waals surface area contributed by atoms with Crippen LogP contribution in [0.4, 0.5) is 10.6 Å². The molecule has 0 bridgehead atoms. The van der Waals surface area contributed by atoms with E-state index in [9.17, 15) is 4.79 Å². The smallest absolute Gasteiger partial charge is 0.407 e. The van der Waals surface area contributed by atoms with Crippen LogP contribution in [0.5, 0.6) is 0 Å².